The van der Waals surface area contributed by atoms with Crippen LogP contribution in [0.3, 0.4) is 0 Å². The lowest BCUT2D eigenvalue weighted by molar-refractivity contribution is -0.137. The number of hydrogen-bond acceptors (Lipinski definition) is 2. The maximum atomic E-state index is 13.2. The molecule has 1 aliphatic rings. The zero-order valence-electron chi connectivity index (χ0n) is 13.9. The highest BCUT2D eigenvalue weighted by molar-refractivity contribution is 5.83. The number of carboxylic acid groups (broad SMARTS) is 1. The first kappa shape index (κ1) is 18.4. The van der Waals surface area contributed by atoms with Crippen LogP contribution in [-0.4, -0.2) is 16.9 Å². The van der Waals surface area contributed by atoms with Crippen molar-refractivity contribution >= 4 is 17.8 Å². The Balaban J connectivity index is 1.79. The van der Waals surface area contributed by atoms with Gasteiger partial charge in [0.1, 0.15) is 11.6 Å². The van der Waals surface area contributed by atoms with Gasteiger partial charge in [0.2, 0.25) is 0 Å². The van der Waals surface area contributed by atoms with Gasteiger partial charge in [-0.3, -0.25) is 9.59 Å². The summed E-state index contributed by atoms with van der Waals surface area (Å²) < 4.78 is 13.2. The Morgan fingerprint density at radius 3 is 2.79 bits per heavy atom. The van der Waals surface area contributed by atoms with Gasteiger partial charge in [0.05, 0.1) is 0 Å². The van der Waals surface area contributed by atoms with Gasteiger partial charge >= 0.3 is 5.97 Å². The largest absolute Gasteiger partial charge is 0.481 e. The van der Waals surface area contributed by atoms with Crippen LogP contribution in [0.1, 0.15) is 56.9 Å². The number of ketones is 1. The van der Waals surface area contributed by atoms with E-state index in [2.05, 4.69) is 6.08 Å². The number of halogens is 1. The van der Waals surface area contributed by atoms with Crippen LogP contribution in [-0.2, 0) is 9.59 Å². The van der Waals surface area contributed by atoms with Gasteiger partial charge in [-0.25, -0.2) is 4.39 Å². The molecule has 130 valence electrons. The first-order chi connectivity index (χ1) is 11.6. The van der Waals surface area contributed by atoms with Crippen LogP contribution in [0, 0.1) is 17.7 Å². The monoisotopic (exact) mass is 332 g/mol. The van der Waals surface area contributed by atoms with Gasteiger partial charge in [-0.05, 0) is 42.9 Å². The molecule has 3 nitrogen and oxygen atoms in total. The number of hydrogen-bond donors (Lipinski definition) is 1. The SMILES string of the molecule is O=C(O)CCCCCCC1C(=O)CCC1C=Cc1cccc(F)c1. The Kier molecular flexibility index (Phi) is 7.16. The normalized spacial score (nSPS) is 20.8. The molecule has 0 saturated heterocycles. The number of unbranched alkanes of at least 4 members (excludes halogenated alkanes) is 3. The number of carboxylic acids is 1. The lowest BCUT2D eigenvalue weighted by Crippen LogP contribution is -2.13. The van der Waals surface area contributed by atoms with Crippen molar-refractivity contribution in [2.24, 2.45) is 11.8 Å². The highest BCUT2D eigenvalue weighted by Gasteiger charge is 2.32. The second kappa shape index (κ2) is 9.36. The molecule has 1 N–H and O–H groups in total. The number of benzene rings is 1. The van der Waals surface area contributed by atoms with E-state index in [0.717, 1.165) is 37.7 Å². The molecule has 1 aromatic carbocycles. The fraction of sp³-hybridized carbons (Fsp3) is 0.500. The van der Waals surface area contributed by atoms with Gasteiger partial charge in [0.15, 0.2) is 0 Å². The Morgan fingerprint density at radius 1 is 1.25 bits per heavy atom. The molecule has 0 amide bonds. The van der Waals surface area contributed by atoms with Crippen molar-refractivity contribution in [3.05, 3.63) is 41.7 Å². The first-order valence-corrected chi connectivity index (χ1v) is 8.74. The molecule has 24 heavy (non-hydrogen) atoms. The fourth-order valence-corrected chi connectivity index (χ4v) is 3.38. The Hall–Kier alpha value is -1.97. The molecule has 0 aliphatic heterocycles. The third kappa shape index (κ3) is 5.91. The van der Waals surface area contributed by atoms with Crippen molar-refractivity contribution in [2.75, 3.05) is 0 Å². The molecule has 2 rings (SSSR count). The Labute approximate surface area is 142 Å². The molecule has 1 fully saturated rings. The van der Waals surface area contributed by atoms with Crippen LogP contribution in [0.5, 0.6) is 0 Å². The van der Waals surface area contributed by atoms with E-state index < -0.39 is 5.97 Å². The smallest absolute Gasteiger partial charge is 0.303 e. The Morgan fingerprint density at radius 2 is 2.04 bits per heavy atom. The minimum Gasteiger partial charge on any atom is -0.481 e. The molecule has 2 atom stereocenters. The standard InChI is InChI=1S/C20H25FO3/c21-17-7-5-6-15(14-17)10-11-16-12-13-19(22)18(16)8-3-1-2-4-9-20(23)24/h5-7,10-11,14,16,18H,1-4,8-9,12-13H2,(H,23,24). The van der Waals surface area contributed by atoms with Crippen molar-refractivity contribution in [1.29, 1.82) is 0 Å². The van der Waals surface area contributed by atoms with Gasteiger partial charge in [0, 0.05) is 18.8 Å². The van der Waals surface area contributed by atoms with Crippen molar-refractivity contribution in [3.63, 3.8) is 0 Å². The van der Waals surface area contributed by atoms with Gasteiger partial charge < -0.3 is 5.11 Å². The predicted molar refractivity (Wildman–Crippen MR) is 92.0 cm³/mol. The minimum absolute atomic E-state index is 0.0642. The highest BCUT2D eigenvalue weighted by atomic mass is 19.1. The fourth-order valence-electron chi connectivity index (χ4n) is 3.38. The average Bonchev–Trinajstić information content (AvgIpc) is 2.89. The first-order valence-electron chi connectivity index (χ1n) is 8.74. The van der Waals surface area contributed by atoms with Crippen LogP contribution in [0.4, 0.5) is 4.39 Å². The molecule has 0 spiro atoms. The number of rotatable bonds is 9. The highest BCUT2D eigenvalue weighted by Crippen LogP contribution is 2.34. The summed E-state index contributed by atoms with van der Waals surface area (Å²) in [5.41, 5.74) is 0.821. The predicted octanol–water partition coefficient (Wildman–Crippen LogP) is 4.86. The summed E-state index contributed by atoms with van der Waals surface area (Å²) in [6, 6.07) is 6.45. The quantitative estimate of drug-likeness (QED) is 0.657. The van der Waals surface area contributed by atoms with E-state index >= 15 is 0 Å². The topological polar surface area (TPSA) is 54.4 Å². The van der Waals surface area contributed by atoms with Crippen molar-refractivity contribution in [2.45, 2.75) is 51.4 Å². The molecule has 0 radical (unpaired) electrons. The Bertz CT molecular complexity index is 594. The van der Waals surface area contributed by atoms with E-state index in [1.54, 1.807) is 6.07 Å². The number of carbonyl (C=O) groups excluding carboxylic acids is 1. The molecule has 0 aromatic heterocycles. The summed E-state index contributed by atoms with van der Waals surface area (Å²) in [6.07, 6.45) is 10.1. The summed E-state index contributed by atoms with van der Waals surface area (Å²) in [5, 5.41) is 8.61. The number of Topliss-reactive ketones (excluding diaryl/α,β-unsaturated/α-hetero) is 1. The van der Waals surface area contributed by atoms with Crippen LogP contribution in [0.15, 0.2) is 30.3 Å². The summed E-state index contributed by atoms with van der Waals surface area (Å²) in [6.45, 7) is 0. The lowest BCUT2D eigenvalue weighted by Gasteiger charge is -2.14. The molecule has 0 bridgehead atoms. The van der Waals surface area contributed by atoms with E-state index in [-0.39, 0.29) is 24.1 Å². The van der Waals surface area contributed by atoms with Crippen LogP contribution in [0.2, 0.25) is 0 Å². The van der Waals surface area contributed by atoms with E-state index in [0.29, 0.717) is 18.6 Å². The zero-order valence-corrected chi connectivity index (χ0v) is 13.9. The van der Waals surface area contributed by atoms with E-state index in [1.807, 2.05) is 12.1 Å². The summed E-state index contributed by atoms with van der Waals surface area (Å²) in [5.74, 6) is -0.371. The van der Waals surface area contributed by atoms with Gasteiger partial charge in [-0.15, -0.1) is 0 Å². The van der Waals surface area contributed by atoms with Crippen molar-refractivity contribution < 1.29 is 19.1 Å². The minimum atomic E-state index is -0.747. The van der Waals surface area contributed by atoms with Crippen LogP contribution < -0.4 is 0 Å². The summed E-state index contributed by atoms with van der Waals surface area (Å²) >= 11 is 0. The van der Waals surface area contributed by atoms with Gasteiger partial charge in [0.25, 0.3) is 0 Å². The third-order valence-corrected chi connectivity index (χ3v) is 4.69. The molecule has 0 heterocycles. The van der Waals surface area contributed by atoms with Gasteiger partial charge in [-0.1, -0.05) is 43.5 Å². The number of aliphatic carboxylic acids is 1. The van der Waals surface area contributed by atoms with Gasteiger partial charge in [-0.2, -0.15) is 0 Å². The average molecular weight is 332 g/mol. The molecule has 1 saturated carbocycles. The molecule has 4 heteroatoms. The summed E-state index contributed by atoms with van der Waals surface area (Å²) in [4.78, 5) is 22.5. The molecular formula is C20H25FO3. The van der Waals surface area contributed by atoms with Crippen LogP contribution >= 0.6 is 0 Å². The third-order valence-electron chi connectivity index (χ3n) is 4.69. The summed E-state index contributed by atoms with van der Waals surface area (Å²) in [7, 11) is 0. The number of allylic oxidation sites excluding steroid dienone is 1. The second-order valence-corrected chi connectivity index (χ2v) is 6.54. The van der Waals surface area contributed by atoms with E-state index in [4.69, 9.17) is 5.11 Å². The van der Waals surface area contributed by atoms with E-state index in [9.17, 15) is 14.0 Å². The second-order valence-electron chi connectivity index (χ2n) is 6.54. The van der Waals surface area contributed by atoms with Crippen molar-refractivity contribution in [1.82, 2.24) is 0 Å². The van der Waals surface area contributed by atoms with E-state index in [1.165, 1.54) is 12.1 Å². The zero-order chi connectivity index (χ0) is 17.4. The molecule has 1 aromatic rings. The number of carbonyl (C=O) groups is 2. The molecular weight excluding hydrogens is 307 g/mol. The van der Waals surface area contributed by atoms with Crippen LogP contribution in [0.25, 0.3) is 6.08 Å². The maximum Gasteiger partial charge on any atom is 0.303 e. The lowest BCUT2D eigenvalue weighted by atomic mass is 9.89. The van der Waals surface area contributed by atoms with Crippen molar-refractivity contribution in [3.8, 4) is 0 Å². The maximum absolute atomic E-state index is 13.2. The molecule has 2 unspecified atom stereocenters. The molecule has 1 aliphatic carbocycles.